The second-order valence-electron chi connectivity index (χ2n) is 5.83. The van der Waals surface area contributed by atoms with Gasteiger partial charge >= 0.3 is 5.97 Å². The van der Waals surface area contributed by atoms with Crippen LogP contribution < -0.4 is 20.1 Å². The van der Waals surface area contributed by atoms with Gasteiger partial charge < -0.3 is 24.8 Å². The number of hydrogen-bond acceptors (Lipinski definition) is 6. The van der Waals surface area contributed by atoms with E-state index in [2.05, 4.69) is 10.6 Å². The highest BCUT2D eigenvalue weighted by Crippen LogP contribution is 2.27. The molecule has 0 atom stereocenters. The third kappa shape index (κ3) is 6.31. The molecule has 0 spiro atoms. The normalized spacial score (nSPS) is 9.96. The highest BCUT2D eigenvalue weighted by atomic mass is 16.5. The van der Waals surface area contributed by atoms with Crippen molar-refractivity contribution in [3.8, 4) is 11.5 Å². The van der Waals surface area contributed by atoms with Crippen molar-refractivity contribution in [1.29, 1.82) is 0 Å². The first kappa shape index (κ1) is 20.8. The highest BCUT2D eigenvalue weighted by molar-refractivity contribution is 5.96. The standard InChI is InChI=1S/C20H22N2O6/c1-13(23)21-15-7-8-18(27-3)17(11-15)22-19(24)12-28-20(25)10-14-5-4-6-16(9-14)26-2/h4-9,11H,10,12H2,1-3H3,(H,21,23)(H,22,24). The zero-order valence-corrected chi connectivity index (χ0v) is 15.9. The average molecular weight is 386 g/mol. The fraction of sp³-hybridized carbons (Fsp3) is 0.250. The third-order valence-corrected chi connectivity index (χ3v) is 3.64. The Balaban J connectivity index is 1.92. The van der Waals surface area contributed by atoms with E-state index in [1.54, 1.807) is 42.5 Å². The Kier molecular flexibility index (Phi) is 7.38. The van der Waals surface area contributed by atoms with E-state index in [4.69, 9.17) is 14.2 Å². The SMILES string of the molecule is COc1cccc(CC(=O)OCC(=O)Nc2cc(NC(C)=O)ccc2OC)c1. The van der Waals surface area contributed by atoms with Gasteiger partial charge in [0.1, 0.15) is 11.5 Å². The van der Waals surface area contributed by atoms with Gasteiger partial charge in [0.25, 0.3) is 5.91 Å². The molecule has 0 aromatic heterocycles. The zero-order chi connectivity index (χ0) is 20.5. The molecule has 8 heteroatoms. The fourth-order valence-corrected chi connectivity index (χ4v) is 2.42. The molecule has 148 valence electrons. The summed E-state index contributed by atoms with van der Waals surface area (Å²) in [6.07, 6.45) is 0.0197. The van der Waals surface area contributed by atoms with Gasteiger partial charge in [0, 0.05) is 12.6 Å². The Labute approximate surface area is 162 Å². The lowest BCUT2D eigenvalue weighted by atomic mass is 10.1. The molecule has 0 saturated heterocycles. The Bertz CT molecular complexity index is 866. The van der Waals surface area contributed by atoms with E-state index < -0.39 is 18.5 Å². The van der Waals surface area contributed by atoms with Crippen molar-refractivity contribution in [3.05, 3.63) is 48.0 Å². The number of esters is 1. The number of amides is 2. The third-order valence-electron chi connectivity index (χ3n) is 3.64. The number of nitrogens with one attached hydrogen (secondary N) is 2. The quantitative estimate of drug-likeness (QED) is 0.676. The van der Waals surface area contributed by atoms with Gasteiger partial charge in [-0.05, 0) is 35.9 Å². The van der Waals surface area contributed by atoms with E-state index in [-0.39, 0.29) is 12.3 Å². The maximum atomic E-state index is 12.1. The minimum Gasteiger partial charge on any atom is -0.497 e. The number of rotatable bonds is 8. The van der Waals surface area contributed by atoms with Gasteiger partial charge in [0.15, 0.2) is 6.61 Å². The summed E-state index contributed by atoms with van der Waals surface area (Å²) in [6, 6.07) is 11.8. The Morgan fingerprint density at radius 1 is 0.964 bits per heavy atom. The zero-order valence-electron chi connectivity index (χ0n) is 15.9. The average Bonchev–Trinajstić information content (AvgIpc) is 2.66. The fourth-order valence-electron chi connectivity index (χ4n) is 2.42. The molecule has 0 saturated carbocycles. The summed E-state index contributed by atoms with van der Waals surface area (Å²) in [6.45, 7) is 0.931. The summed E-state index contributed by atoms with van der Waals surface area (Å²) in [5, 5.41) is 5.22. The smallest absolute Gasteiger partial charge is 0.310 e. The van der Waals surface area contributed by atoms with Crippen LogP contribution in [-0.2, 0) is 25.5 Å². The molecule has 0 unspecified atom stereocenters. The Morgan fingerprint density at radius 3 is 2.43 bits per heavy atom. The summed E-state index contributed by atoms with van der Waals surface area (Å²) in [7, 11) is 2.99. The molecule has 0 aliphatic heterocycles. The van der Waals surface area contributed by atoms with E-state index in [0.29, 0.717) is 22.9 Å². The van der Waals surface area contributed by atoms with E-state index in [1.165, 1.54) is 21.1 Å². The summed E-state index contributed by atoms with van der Waals surface area (Å²) in [5.41, 5.74) is 1.57. The molecule has 2 amide bonds. The first-order chi connectivity index (χ1) is 13.4. The molecule has 0 aliphatic rings. The van der Waals surface area contributed by atoms with Crippen LogP contribution in [0.1, 0.15) is 12.5 Å². The van der Waals surface area contributed by atoms with Crippen LogP contribution in [-0.4, -0.2) is 38.6 Å². The number of methoxy groups -OCH3 is 2. The van der Waals surface area contributed by atoms with Crippen molar-refractivity contribution >= 4 is 29.2 Å². The van der Waals surface area contributed by atoms with Crippen molar-refractivity contribution in [2.75, 3.05) is 31.5 Å². The van der Waals surface area contributed by atoms with E-state index in [1.807, 2.05) is 0 Å². The van der Waals surface area contributed by atoms with Gasteiger partial charge in [-0.2, -0.15) is 0 Å². The molecule has 8 nitrogen and oxygen atoms in total. The number of hydrogen-bond donors (Lipinski definition) is 2. The lowest BCUT2D eigenvalue weighted by Gasteiger charge is -2.12. The molecule has 2 aromatic carbocycles. The summed E-state index contributed by atoms with van der Waals surface area (Å²) in [4.78, 5) is 35.2. The second kappa shape index (κ2) is 9.96. The van der Waals surface area contributed by atoms with Crippen molar-refractivity contribution in [3.63, 3.8) is 0 Å². The van der Waals surface area contributed by atoms with Crippen LogP contribution in [0.25, 0.3) is 0 Å². The number of carbonyl (C=O) groups excluding carboxylic acids is 3. The minimum atomic E-state index is -0.539. The van der Waals surface area contributed by atoms with Gasteiger partial charge in [0.05, 0.1) is 26.3 Å². The Hall–Kier alpha value is -3.55. The molecule has 0 heterocycles. The van der Waals surface area contributed by atoms with Crippen LogP contribution in [0.4, 0.5) is 11.4 Å². The van der Waals surface area contributed by atoms with E-state index >= 15 is 0 Å². The van der Waals surface area contributed by atoms with Crippen molar-refractivity contribution < 1.29 is 28.6 Å². The van der Waals surface area contributed by atoms with Crippen LogP contribution in [0.3, 0.4) is 0 Å². The number of anilines is 2. The Morgan fingerprint density at radius 2 is 1.75 bits per heavy atom. The van der Waals surface area contributed by atoms with Gasteiger partial charge in [-0.15, -0.1) is 0 Å². The number of benzene rings is 2. The molecule has 0 bridgehead atoms. The lowest BCUT2D eigenvalue weighted by molar-refractivity contribution is -0.146. The highest BCUT2D eigenvalue weighted by Gasteiger charge is 2.12. The van der Waals surface area contributed by atoms with Crippen LogP contribution >= 0.6 is 0 Å². The molecule has 2 aromatic rings. The summed E-state index contributed by atoms with van der Waals surface area (Å²) < 4.78 is 15.3. The maximum Gasteiger partial charge on any atom is 0.310 e. The summed E-state index contributed by atoms with van der Waals surface area (Å²) in [5.74, 6) is -0.270. The number of ether oxygens (including phenoxy) is 3. The first-order valence-electron chi connectivity index (χ1n) is 8.45. The lowest BCUT2D eigenvalue weighted by Crippen LogP contribution is -2.22. The molecule has 0 fully saturated rings. The van der Waals surface area contributed by atoms with Gasteiger partial charge in [-0.1, -0.05) is 12.1 Å². The molecular formula is C20H22N2O6. The number of carbonyl (C=O) groups is 3. The predicted molar refractivity (Wildman–Crippen MR) is 104 cm³/mol. The predicted octanol–water partition coefficient (Wildman–Crippen LogP) is 2.39. The molecule has 2 N–H and O–H groups in total. The molecule has 0 aliphatic carbocycles. The maximum absolute atomic E-state index is 12.1. The van der Waals surface area contributed by atoms with Crippen molar-refractivity contribution in [2.45, 2.75) is 13.3 Å². The minimum absolute atomic E-state index is 0.0197. The van der Waals surface area contributed by atoms with Crippen LogP contribution in [0.5, 0.6) is 11.5 Å². The van der Waals surface area contributed by atoms with Crippen molar-refractivity contribution in [2.24, 2.45) is 0 Å². The van der Waals surface area contributed by atoms with Crippen LogP contribution in [0, 0.1) is 0 Å². The molecule has 28 heavy (non-hydrogen) atoms. The van der Waals surface area contributed by atoms with E-state index in [9.17, 15) is 14.4 Å². The monoisotopic (exact) mass is 386 g/mol. The second-order valence-corrected chi connectivity index (χ2v) is 5.83. The van der Waals surface area contributed by atoms with Gasteiger partial charge in [-0.3, -0.25) is 14.4 Å². The molecular weight excluding hydrogens is 364 g/mol. The molecule has 0 radical (unpaired) electrons. The van der Waals surface area contributed by atoms with Crippen molar-refractivity contribution in [1.82, 2.24) is 0 Å². The largest absolute Gasteiger partial charge is 0.497 e. The van der Waals surface area contributed by atoms with Crippen LogP contribution in [0.2, 0.25) is 0 Å². The topological polar surface area (TPSA) is 103 Å². The van der Waals surface area contributed by atoms with Gasteiger partial charge in [0.2, 0.25) is 5.91 Å². The van der Waals surface area contributed by atoms with E-state index in [0.717, 1.165) is 5.56 Å². The van der Waals surface area contributed by atoms with Gasteiger partial charge in [-0.25, -0.2) is 0 Å². The summed E-state index contributed by atoms with van der Waals surface area (Å²) >= 11 is 0. The van der Waals surface area contributed by atoms with Crippen LogP contribution in [0.15, 0.2) is 42.5 Å². The molecule has 2 rings (SSSR count). The first-order valence-corrected chi connectivity index (χ1v) is 8.45.